The number of nitrogens with zero attached hydrogens (tertiary/aromatic N) is 1. The third kappa shape index (κ3) is 3.36. The van der Waals surface area contributed by atoms with Crippen LogP contribution in [0.1, 0.15) is 93.9 Å². The van der Waals surface area contributed by atoms with E-state index < -0.39 is 0 Å². The molecule has 1 aliphatic rings. The molecule has 116 valence electrons. The lowest BCUT2D eigenvalue weighted by molar-refractivity contribution is 0.0760. The number of ketones is 1. The van der Waals surface area contributed by atoms with Crippen molar-refractivity contribution >= 4 is 5.78 Å². The molecule has 21 heavy (non-hydrogen) atoms. The van der Waals surface area contributed by atoms with Gasteiger partial charge in [0.15, 0.2) is 5.78 Å². The number of hydrogen-bond donors (Lipinski definition) is 0. The number of aryl methyl sites for hydroxylation is 1. The van der Waals surface area contributed by atoms with E-state index in [1.165, 1.54) is 25.7 Å². The summed E-state index contributed by atoms with van der Waals surface area (Å²) in [7, 11) is 0. The molecule has 1 heterocycles. The van der Waals surface area contributed by atoms with E-state index in [2.05, 4.69) is 33.8 Å². The molecule has 0 saturated heterocycles. The van der Waals surface area contributed by atoms with Crippen LogP contribution >= 0.6 is 0 Å². The maximum absolute atomic E-state index is 12.7. The average molecular weight is 287 g/mol. The highest BCUT2D eigenvalue weighted by atomic mass is 16.1. The molecule has 1 aromatic heterocycles. The van der Waals surface area contributed by atoms with E-state index in [4.69, 9.17) is 4.98 Å². The fourth-order valence-corrected chi connectivity index (χ4v) is 3.45. The SMILES string of the molecule is CCCCCCc1ccc2c(n1)[C@@H](C)C[C@](C)(CC)C2=O. The van der Waals surface area contributed by atoms with Crippen LogP contribution in [0.2, 0.25) is 0 Å². The van der Waals surface area contributed by atoms with Gasteiger partial charge in [0.2, 0.25) is 0 Å². The van der Waals surface area contributed by atoms with Crippen molar-refractivity contribution in [2.75, 3.05) is 0 Å². The van der Waals surface area contributed by atoms with Crippen molar-refractivity contribution in [3.8, 4) is 0 Å². The molecule has 2 heteroatoms. The molecule has 0 aromatic carbocycles. The first-order valence-electron chi connectivity index (χ1n) is 8.56. The Morgan fingerprint density at radius 1 is 1.24 bits per heavy atom. The van der Waals surface area contributed by atoms with E-state index in [1.54, 1.807) is 0 Å². The van der Waals surface area contributed by atoms with Crippen LogP contribution < -0.4 is 0 Å². The summed E-state index contributed by atoms with van der Waals surface area (Å²) < 4.78 is 0. The summed E-state index contributed by atoms with van der Waals surface area (Å²) >= 11 is 0. The van der Waals surface area contributed by atoms with Crippen LogP contribution in [0.15, 0.2) is 12.1 Å². The number of rotatable bonds is 6. The molecule has 0 unspecified atom stereocenters. The monoisotopic (exact) mass is 287 g/mol. The molecule has 0 N–H and O–H groups in total. The molecule has 0 fully saturated rings. The van der Waals surface area contributed by atoms with E-state index in [9.17, 15) is 4.79 Å². The van der Waals surface area contributed by atoms with Crippen molar-refractivity contribution in [1.29, 1.82) is 0 Å². The lowest BCUT2D eigenvalue weighted by Gasteiger charge is -2.35. The van der Waals surface area contributed by atoms with E-state index in [-0.39, 0.29) is 5.41 Å². The van der Waals surface area contributed by atoms with Crippen molar-refractivity contribution in [3.63, 3.8) is 0 Å². The minimum Gasteiger partial charge on any atom is -0.293 e. The van der Waals surface area contributed by atoms with Crippen LogP contribution in [0.4, 0.5) is 0 Å². The smallest absolute Gasteiger partial charge is 0.170 e. The lowest BCUT2D eigenvalue weighted by atomic mass is 9.68. The predicted molar refractivity (Wildman–Crippen MR) is 87.8 cm³/mol. The van der Waals surface area contributed by atoms with Crippen LogP contribution in [0.5, 0.6) is 0 Å². The number of carbonyl (C=O) groups excluding carboxylic acids is 1. The summed E-state index contributed by atoms with van der Waals surface area (Å²) in [6.07, 6.45) is 7.93. The molecule has 0 saturated carbocycles. The van der Waals surface area contributed by atoms with Gasteiger partial charge in [0, 0.05) is 22.6 Å². The Labute approximate surface area is 129 Å². The molecule has 0 bridgehead atoms. The zero-order valence-electron chi connectivity index (χ0n) is 14.0. The first-order chi connectivity index (χ1) is 10.0. The Kier molecular flexibility index (Phi) is 5.18. The topological polar surface area (TPSA) is 30.0 Å². The summed E-state index contributed by atoms with van der Waals surface area (Å²) in [5.41, 5.74) is 2.87. The van der Waals surface area contributed by atoms with Crippen molar-refractivity contribution in [1.82, 2.24) is 4.98 Å². The number of carbonyl (C=O) groups is 1. The number of unbranched alkanes of at least 4 members (excludes halogenated alkanes) is 3. The summed E-state index contributed by atoms with van der Waals surface area (Å²) in [6, 6.07) is 4.10. The van der Waals surface area contributed by atoms with Crippen LogP contribution in [0, 0.1) is 5.41 Å². The normalized spacial score (nSPS) is 25.0. The summed E-state index contributed by atoms with van der Waals surface area (Å²) in [5.74, 6) is 0.682. The van der Waals surface area contributed by atoms with Crippen LogP contribution in [0.3, 0.4) is 0 Å². The Morgan fingerprint density at radius 3 is 2.67 bits per heavy atom. The largest absolute Gasteiger partial charge is 0.293 e. The highest BCUT2D eigenvalue weighted by Gasteiger charge is 2.40. The second-order valence-corrected chi connectivity index (χ2v) is 6.89. The minimum atomic E-state index is -0.198. The first-order valence-corrected chi connectivity index (χ1v) is 8.56. The quantitative estimate of drug-likeness (QED) is 0.664. The second-order valence-electron chi connectivity index (χ2n) is 6.89. The Morgan fingerprint density at radius 2 is 2.00 bits per heavy atom. The van der Waals surface area contributed by atoms with E-state index in [0.717, 1.165) is 36.2 Å². The van der Waals surface area contributed by atoms with Gasteiger partial charge in [-0.3, -0.25) is 9.78 Å². The zero-order chi connectivity index (χ0) is 15.5. The predicted octanol–water partition coefficient (Wildman–Crippen LogP) is 5.31. The Bertz CT molecular complexity index is 508. The van der Waals surface area contributed by atoms with Crippen LogP contribution in [-0.2, 0) is 6.42 Å². The summed E-state index contributed by atoms with van der Waals surface area (Å²) in [6.45, 7) is 8.67. The third-order valence-corrected chi connectivity index (χ3v) is 5.07. The van der Waals surface area contributed by atoms with Crippen molar-refractivity contribution in [2.45, 2.75) is 78.6 Å². The fraction of sp³-hybridized carbons (Fsp3) is 0.684. The molecule has 2 rings (SSSR count). The molecule has 0 radical (unpaired) electrons. The van der Waals surface area contributed by atoms with Gasteiger partial charge >= 0.3 is 0 Å². The maximum Gasteiger partial charge on any atom is 0.170 e. The Hall–Kier alpha value is -1.18. The fourth-order valence-electron chi connectivity index (χ4n) is 3.45. The summed E-state index contributed by atoms with van der Waals surface area (Å²) in [4.78, 5) is 17.5. The molecular formula is C19H29NO. The van der Waals surface area contributed by atoms with Crippen molar-refractivity contribution in [2.24, 2.45) is 5.41 Å². The van der Waals surface area contributed by atoms with Gasteiger partial charge in [-0.05, 0) is 37.8 Å². The molecule has 0 spiro atoms. The Balaban J connectivity index is 2.17. The van der Waals surface area contributed by atoms with Gasteiger partial charge in [-0.1, -0.05) is 47.0 Å². The van der Waals surface area contributed by atoms with E-state index in [0.29, 0.717) is 11.7 Å². The molecule has 0 amide bonds. The van der Waals surface area contributed by atoms with Crippen molar-refractivity contribution in [3.05, 3.63) is 29.1 Å². The van der Waals surface area contributed by atoms with Gasteiger partial charge < -0.3 is 0 Å². The summed E-state index contributed by atoms with van der Waals surface area (Å²) in [5, 5.41) is 0. The van der Waals surface area contributed by atoms with Gasteiger partial charge in [0.05, 0.1) is 5.69 Å². The van der Waals surface area contributed by atoms with Gasteiger partial charge in [-0.25, -0.2) is 0 Å². The first kappa shape index (κ1) is 16.2. The number of fused-ring (bicyclic) bond motifs is 1. The van der Waals surface area contributed by atoms with Gasteiger partial charge in [0.1, 0.15) is 0 Å². The lowest BCUT2D eigenvalue weighted by Crippen LogP contribution is -2.35. The number of aromatic nitrogens is 1. The van der Waals surface area contributed by atoms with E-state index in [1.807, 2.05) is 6.07 Å². The van der Waals surface area contributed by atoms with E-state index >= 15 is 0 Å². The zero-order valence-corrected chi connectivity index (χ0v) is 14.0. The van der Waals surface area contributed by atoms with Gasteiger partial charge in [0.25, 0.3) is 0 Å². The van der Waals surface area contributed by atoms with Crippen LogP contribution in [0.25, 0.3) is 0 Å². The van der Waals surface area contributed by atoms with Gasteiger partial charge in [-0.2, -0.15) is 0 Å². The average Bonchev–Trinajstić information content (AvgIpc) is 2.49. The third-order valence-electron chi connectivity index (χ3n) is 5.07. The molecular weight excluding hydrogens is 258 g/mol. The number of pyridine rings is 1. The molecule has 0 aliphatic heterocycles. The highest BCUT2D eigenvalue weighted by Crippen LogP contribution is 2.43. The molecule has 1 aromatic rings. The second kappa shape index (κ2) is 6.72. The number of hydrogen-bond acceptors (Lipinski definition) is 2. The standard InChI is InChI=1S/C19H29NO/c1-5-7-8-9-10-15-11-12-16-17(20-15)14(3)13-19(4,6-2)18(16)21/h11-12,14H,5-10,13H2,1-4H3/t14-,19-/m0/s1. The van der Waals surface area contributed by atoms with Gasteiger partial charge in [-0.15, -0.1) is 0 Å². The molecule has 2 atom stereocenters. The maximum atomic E-state index is 12.7. The molecule has 2 nitrogen and oxygen atoms in total. The highest BCUT2D eigenvalue weighted by molar-refractivity contribution is 6.02. The van der Waals surface area contributed by atoms with Crippen LogP contribution in [-0.4, -0.2) is 10.8 Å². The van der Waals surface area contributed by atoms with Crippen molar-refractivity contribution < 1.29 is 4.79 Å². The number of Topliss-reactive ketones (excluding diaryl/α,β-unsaturated/α-hetero) is 1. The minimum absolute atomic E-state index is 0.198. The molecule has 1 aliphatic carbocycles.